The Morgan fingerprint density at radius 2 is 2.20 bits per heavy atom. The maximum atomic E-state index is 12.2. The van der Waals surface area contributed by atoms with Crippen molar-refractivity contribution in [2.24, 2.45) is 0 Å². The van der Waals surface area contributed by atoms with Crippen LogP contribution >= 0.6 is 11.5 Å². The molecule has 0 bridgehead atoms. The number of nitrogens with zero attached hydrogens (tertiary/aromatic N) is 3. The lowest BCUT2D eigenvalue weighted by molar-refractivity contribution is 0.574. The molecule has 0 fully saturated rings. The number of aromatic nitrogens is 3. The molecule has 108 valence electrons. The highest BCUT2D eigenvalue weighted by Crippen LogP contribution is 2.21. The summed E-state index contributed by atoms with van der Waals surface area (Å²) >= 11 is 0.889. The summed E-state index contributed by atoms with van der Waals surface area (Å²) in [6.07, 6.45) is 0.869. The Morgan fingerprint density at radius 3 is 2.80 bits per heavy atom. The highest BCUT2D eigenvalue weighted by atomic mass is 32.2. The average molecular weight is 313 g/mol. The lowest BCUT2D eigenvalue weighted by Gasteiger charge is -2.15. The number of anilines is 1. The quantitative estimate of drug-likeness (QED) is 0.837. The first kappa shape index (κ1) is 14.8. The largest absolute Gasteiger partial charge is 0.313 e. The molecule has 2 N–H and O–H groups in total. The number of benzene rings is 1. The van der Waals surface area contributed by atoms with Gasteiger partial charge < -0.3 is 5.32 Å². The first-order chi connectivity index (χ1) is 9.56. The van der Waals surface area contributed by atoms with Crippen LogP contribution in [0, 0.1) is 0 Å². The minimum absolute atomic E-state index is 0.119. The van der Waals surface area contributed by atoms with Gasteiger partial charge in [-0.2, -0.15) is 0 Å². The number of nitrogens with one attached hydrogen (secondary N) is 2. The predicted molar refractivity (Wildman–Crippen MR) is 77.0 cm³/mol. The fraction of sp³-hybridized carbons (Fsp3) is 0.364. The molecule has 0 aliphatic carbocycles. The first-order valence-electron chi connectivity index (χ1n) is 6.02. The Morgan fingerprint density at radius 1 is 1.40 bits per heavy atom. The molecule has 2 rings (SSSR count). The summed E-state index contributed by atoms with van der Waals surface area (Å²) in [7, 11) is -1.82. The Kier molecular flexibility index (Phi) is 4.63. The average Bonchev–Trinajstić information content (AvgIpc) is 2.93. The number of hydrogen-bond donors (Lipinski definition) is 2. The molecule has 0 saturated heterocycles. The molecule has 20 heavy (non-hydrogen) atoms. The third-order valence-corrected chi connectivity index (χ3v) is 4.83. The van der Waals surface area contributed by atoms with E-state index in [0.717, 1.165) is 23.5 Å². The van der Waals surface area contributed by atoms with Crippen molar-refractivity contribution in [3.05, 3.63) is 29.8 Å². The summed E-state index contributed by atoms with van der Waals surface area (Å²) in [5, 5.41) is 10.2. The van der Waals surface area contributed by atoms with Gasteiger partial charge in [-0.3, -0.25) is 4.72 Å². The van der Waals surface area contributed by atoms with Gasteiger partial charge in [-0.1, -0.05) is 28.6 Å². The molecule has 2 aromatic rings. The fourth-order valence-electron chi connectivity index (χ4n) is 1.85. The summed E-state index contributed by atoms with van der Waals surface area (Å²) in [6.45, 7) is 2.04. The Hall–Kier alpha value is -1.58. The van der Waals surface area contributed by atoms with E-state index in [9.17, 15) is 8.42 Å². The summed E-state index contributed by atoms with van der Waals surface area (Å²) in [4.78, 5) is 0.193. The molecule has 1 heterocycles. The molecular weight excluding hydrogens is 298 g/mol. The van der Waals surface area contributed by atoms with Gasteiger partial charge >= 0.3 is 0 Å². The van der Waals surface area contributed by atoms with Crippen molar-refractivity contribution in [3.63, 3.8) is 0 Å². The number of sulfonamides is 1. The van der Waals surface area contributed by atoms with Crippen LogP contribution in [0.1, 0.15) is 24.9 Å². The zero-order valence-corrected chi connectivity index (χ0v) is 12.7. The molecule has 1 atom stereocenters. The Bertz CT molecular complexity index is 653. The Labute approximate surface area is 121 Å². The Balaban J connectivity index is 2.30. The molecule has 0 spiro atoms. The second-order valence-corrected chi connectivity index (χ2v) is 6.51. The molecule has 7 nitrogen and oxygen atoms in total. The van der Waals surface area contributed by atoms with Crippen molar-refractivity contribution in [1.29, 1.82) is 0 Å². The van der Waals surface area contributed by atoms with Crippen LogP contribution in [0.15, 0.2) is 29.2 Å². The predicted octanol–water partition coefficient (Wildman–Crippen LogP) is 1.40. The number of hydrogen-bond acceptors (Lipinski definition) is 7. The van der Waals surface area contributed by atoms with E-state index in [-0.39, 0.29) is 16.1 Å². The van der Waals surface area contributed by atoms with E-state index < -0.39 is 10.0 Å². The van der Waals surface area contributed by atoms with Crippen LogP contribution < -0.4 is 10.0 Å². The van der Waals surface area contributed by atoms with E-state index in [2.05, 4.69) is 24.8 Å². The van der Waals surface area contributed by atoms with E-state index >= 15 is 0 Å². The summed E-state index contributed by atoms with van der Waals surface area (Å²) in [5.74, 6) is 0. The van der Waals surface area contributed by atoms with Gasteiger partial charge in [0, 0.05) is 17.6 Å². The standard InChI is InChI=1S/C11H15N5O2S2/c1-3-10(12-2)8-5-4-6-9(7-8)20(17,18)14-11-13-15-16-19-11/h4-7,10,12H,3H2,1-2H3,(H,13,14,16). The van der Waals surface area contributed by atoms with Crippen molar-refractivity contribution in [1.82, 2.24) is 20.1 Å². The third kappa shape index (κ3) is 3.30. The number of rotatable bonds is 6. The third-order valence-electron chi connectivity index (χ3n) is 2.85. The second-order valence-electron chi connectivity index (χ2n) is 4.10. The SMILES string of the molecule is CCC(NC)c1cccc(S(=O)(=O)Nc2nnns2)c1. The van der Waals surface area contributed by atoms with E-state index in [0.29, 0.717) is 0 Å². The zero-order valence-electron chi connectivity index (χ0n) is 11.1. The van der Waals surface area contributed by atoms with E-state index in [1.165, 1.54) is 0 Å². The molecule has 0 saturated carbocycles. The van der Waals surface area contributed by atoms with Crippen LogP contribution in [-0.4, -0.2) is 30.3 Å². The second kappa shape index (κ2) is 6.25. The molecule has 0 aliphatic heterocycles. The van der Waals surface area contributed by atoms with E-state index in [1.807, 2.05) is 20.0 Å². The monoisotopic (exact) mass is 313 g/mol. The maximum absolute atomic E-state index is 12.2. The summed E-state index contributed by atoms with van der Waals surface area (Å²) in [5.41, 5.74) is 0.924. The normalized spacial score (nSPS) is 13.1. The molecule has 1 aromatic carbocycles. The van der Waals surface area contributed by atoms with Gasteiger partial charge in [0.05, 0.1) is 4.90 Å². The topological polar surface area (TPSA) is 96.9 Å². The minimum Gasteiger partial charge on any atom is -0.313 e. The molecule has 1 unspecified atom stereocenters. The van der Waals surface area contributed by atoms with Gasteiger partial charge in [-0.15, -0.1) is 0 Å². The van der Waals surface area contributed by atoms with Crippen LogP contribution in [0.2, 0.25) is 0 Å². The van der Waals surface area contributed by atoms with Crippen LogP contribution in [0.5, 0.6) is 0 Å². The highest BCUT2D eigenvalue weighted by molar-refractivity contribution is 7.93. The van der Waals surface area contributed by atoms with Crippen molar-refractivity contribution < 1.29 is 8.42 Å². The van der Waals surface area contributed by atoms with Gasteiger partial charge in [-0.05, 0) is 36.4 Å². The van der Waals surface area contributed by atoms with Crippen molar-refractivity contribution in [3.8, 4) is 0 Å². The molecular formula is C11H15N5O2S2. The fourth-order valence-corrected chi connectivity index (χ4v) is 3.49. The van der Waals surface area contributed by atoms with Gasteiger partial charge in [0.25, 0.3) is 10.0 Å². The maximum Gasteiger partial charge on any atom is 0.263 e. The van der Waals surface area contributed by atoms with E-state index in [1.54, 1.807) is 18.2 Å². The van der Waals surface area contributed by atoms with Crippen molar-refractivity contribution >= 4 is 26.7 Å². The van der Waals surface area contributed by atoms with Crippen LogP contribution in [0.3, 0.4) is 0 Å². The molecule has 0 aliphatic rings. The van der Waals surface area contributed by atoms with Crippen molar-refractivity contribution in [2.45, 2.75) is 24.3 Å². The molecule has 0 radical (unpaired) electrons. The lowest BCUT2D eigenvalue weighted by Crippen LogP contribution is -2.17. The van der Waals surface area contributed by atoms with Gasteiger partial charge in [0.2, 0.25) is 5.13 Å². The van der Waals surface area contributed by atoms with Gasteiger partial charge in [0.15, 0.2) is 0 Å². The first-order valence-corrected chi connectivity index (χ1v) is 8.27. The summed E-state index contributed by atoms with van der Waals surface area (Å²) in [6, 6.07) is 6.94. The van der Waals surface area contributed by atoms with Crippen LogP contribution in [0.4, 0.5) is 5.13 Å². The van der Waals surface area contributed by atoms with Crippen LogP contribution in [-0.2, 0) is 10.0 Å². The smallest absolute Gasteiger partial charge is 0.263 e. The van der Waals surface area contributed by atoms with Crippen LogP contribution in [0.25, 0.3) is 0 Å². The molecule has 1 aromatic heterocycles. The summed E-state index contributed by atoms with van der Waals surface area (Å²) < 4.78 is 30.3. The molecule has 9 heteroatoms. The van der Waals surface area contributed by atoms with Gasteiger partial charge in [-0.25, -0.2) is 8.42 Å². The van der Waals surface area contributed by atoms with E-state index in [4.69, 9.17) is 0 Å². The zero-order chi connectivity index (χ0) is 14.6. The minimum atomic E-state index is -3.67. The van der Waals surface area contributed by atoms with Crippen molar-refractivity contribution in [2.75, 3.05) is 11.8 Å². The lowest BCUT2D eigenvalue weighted by atomic mass is 10.1. The molecule has 0 amide bonds. The highest BCUT2D eigenvalue weighted by Gasteiger charge is 2.18. The van der Waals surface area contributed by atoms with Gasteiger partial charge in [0.1, 0.15) is 0 Å².